The molecule has 110 valence electrons. The third-order valence-corrected chi connectivity index (χ3v) is 5.08. The van der Waals surface area contributed by atoms with Crippen LogP contribution in [0.25, 0.3) is 6.08 Å². The summed E-state index contributed by atoms with van der Waals surface area (Å²) in [6, 6.07) is 14.8. The van der Waals surface area contributed by atoms with E-state index in [9.17, 15) is 4.79 Å². The number of carbonyl (C=O) groups excluding carboxylic acids is 1. The Kier molecular flexibility index (Phi) is 4.68. The number of halogens is 2. The number of thiocarbonyl (C=S) groups is 1. The molecule has 1 aliphatic heterocycles. The molecule has 0 saturated carbocycles. The molecule has 2 aromatic rings. The number of hydrogen-bond acceptors (Lipinski definition) is 3. The van der Waals surface area contributed by atoms with Gasteiger partial charge in [0.05, 0.1) is 10.6 Å². The molecule has 0 aliphatic carbocycles. The van der Waals surface area contributed by atoms with Gasteiger partial charge in [-0.25, -0.2) is 0 Å². The van der Waals surface area contributed by atoms with Crippen LogP contribution in [0.1, 0.15) is 5.56 Å². The van der Waals surface area contributed by atoms with Crippen molar-refractivity contribution in [1.29, 1.82) is 0 Å². The number of rotatable bonds is 2. The summed E-state index contributed by atoms with van der Waals surface area (Å²) in [5.74, 6) is -0.108. The monoisotopic (exact) mass is 409 g/mol. The summed E-state index contributed by atoms with van der Waals surface area (Å²) in [5.41, 5.74) is 1.68. The minimum atomic E-state index is -0.108. The molecular weight excluding hydrogens is 402 g/mol. The summed E-state index contributed by atoms with van der Waals surface area (Å²) >= 11 is 15.9. The first-order valence-electron chi connectivity index (χ1n) is 6.34. The van der Waals surface area contributed by atoms with Crippen LogP contribution in [0.2, 0.25) is 5.02 Å². The van der Waals surface area contributed by atoms with Crippen LogP contribution in [0.4, 0.5) is 5.69 Å². The minimum Gasteiger partial charge on any atom is -0.268 e. The van der Waals surface area contributed by atoms with Gasteiger partial charge < -0.3 is 0 Å². The molecule has 1 fully saturated rings. The van der Waals surface area contributed by atoms with E-state index in [4.69, 9.17) is 23.8 Å². The Labute approximate surface area is 151 Å². The first kappa shape index (κ1) is 15.7. The van der Waals surface area contributed by atoms with Crippen molar-refractivity contribution in [3.8, 4) is 0 Å². The van der Waals surface area contributed by atoms with E-state index in [1.165, 1.54) is 11.8 Å². The summed E-state index contributed by atoms with van der Waals surface area (Å²) in [6.07, 6.45) is 1.83. The Morgan fingerprint density at radius 2 is 1.91 bits per heavy atom. The third kappa shape index (κ3) is 3.27. The van der Waals surface area contributed by atoms with Crippen molar-refractivity contribution in [3.05, 3.63) is 68.5 Å². The second kappa shape index (κ2) is 6.54. The van der Waals surface area contributed by atoms with Crippen LogP contribution in [0.5, 0.6) is 0 Å². The Bertz CT molecular complexity index is 789. The number of thioether (sulfide) groups is 1. The van der Waals surface area contributed by atoms with Gasteiger partial charge in [0, 0.05) is 9.50 Å². The van der Waals surface area contributed by atoms with E-state index in [-0.39, 0.29) is 5.91 Å². The lowest BCUT2D eigenvalue weighted by Crippen LogP contribution is -2.27. The van der Waals surface area contributed by atoms with Crippen LogP contribution < -0.4 is 4.90 Å². The lowest BCUT2D eigenvalue weighted by molar-refractivity contribution is -0.113. The second-order valence-electron chi connectivity index (χ2n) is 4.55. The van der Waals surface area contributed by atoms with Gasteiger partial charge in [-0.1, -0.05) is 69.7 Å². The van der Waals surface area contributed by atoms with E-state index < -0.39 is 0 Å². The highest BCUT2D eigenvalue weighted by molar-refractivity contribution is 9.10. The highest BCUT2D eigenvalue weighted by Crippen LogP contribution is 2.36. The number of anilines is 1. The highest BCUT2D eigenvalue weighted by atomic mass is 79.9. The SMILES string of the molecule is O=C1/C(=C/c2ccc(Cl)cc2)SC(=S)N1c1cccc(Br)c1. The predicted molar refractivity (Wildman–Crippen MR) is 101 cm³/mol. The van der Waals surface area contributed by atoms with Crippen LogP contribution >= 0.6 is 51.5 Å². The number of carbonyl (C=O) groups is 1. The Balaban J connectivity index is 1.93. The van der Waals surface area contributed by atoms with Crippen LogP contribution in [0, 0.1) is 0 Å². The average Bonchev–Trinajstić information content (AvgIpc) is 2.76. The molecule has 22 heavy (non-hydrogen) atoms. The molecule has 1 aliphatic rings. The number of benzene rings is 2. The highest BCUT2D eigenvalue weighted by Gasteiger charge is 2.33. The largest absolute Gasteiger partial charge is 0.270 e. The van der Waals surface area contributed by atoms with Crippen LogP contribution in [-0.4, -0.2) is 10.2 Å². The van der Waals surface area contributed by atoms with E-state index in [0.717, 1.165) is 15.7 Å². The first-order valence-corrected chi connectivity index (χ1v) is 8.73. The van der Waals surface area contributed by atoms with Crippen LogP contribution in [0.3, 0.4) is 0 Å². The molecule has 0 atom stereocenters. The molecular formula is C16H9BrClNOS2. The molecule has 0 unspecified atom stereocenters. The maximum Gasteiger partial charge on any atom is 0.270 e. The van der Waals surface area contributed by atoms with E-state index >= 15 is 0 Å². The number of hydrogen-bond donors (Lipinski definition) is 0. The van der Waals surface area contributed by atoms with Crippen molar-refractivity contribution < 1.29 is 4.79 Å². The topological polar surface area (TPSA) is 20.3 Å². The summed E-state index contributed by atoms with van der Waals surface area (Å²) in [4.78, 5) is 14.8. The second-order valence-corrected chi connectivity index (χ2v) is 7.58. The molecule has 0 radical (unpaired) electrons. The molecule has 2 nitrogen and oxygen atoms in total. The van der Waals surface area contributed by atoms with E-state index in [0.29, 0.717) is 14.2 Å². The molecule has 1 heterocycles. The fourth-order valence-corrected chi connectivity index (χ4v) is 3.83. The maximum absolute atomic E-state index is 12.6. The van der Waals surface area contributed by atoms with Crippen LogP contribution in [0.15, 0.2) is 57.9 Å². The smallest absolute Gasteiger partial charge is 0.268 e. The molecule has 1 saturated heterocycles. The van der Waals surface area contributed by atoms with Crippen molar-refractivity contribution in [1.82, 2.24) is 0 Å². The summed E-state index contributed by atoms with van der Waals surface area (Å²) in [5, 5.41) is 0.666. The summed E-state index contributed by atoms with van der Waals surface area (Å²) in [6.45, 7) is 0. The molecule has 0 bridgehead atoms. The lowest BCUT2D eigenvalue weighted by Gasteiger charge is -2.14. The third-order valence-electron chi connectivity index (χ3n) is 3.03. The molecule has 0 aromatic heterocycles. The number of nitrogens with zero attached hydrogens (tertiary/aromatic N) is 1. The van der Waals surface area contributed by atoms with Gasteiger partial charge in [-0.15, -0.1) is 0 Å². The van der Waals surface area contributed by atoms with Gasteiger partial charge in [-0.3, -0.25) is 9.69 Å². The van der Waals surface area contributed by atoms with Gasteiger partial charge in [0.25, 0.3) is 5.91 Å². The fourth-order valence-electron chi connectivity index (χ4n) is 2.02. The van der Waals surface area contributed by atoms with Gasteiger partial charge in [0.15, 0.2) is 4.32 Å². The Hall–Kier alpha value is -1.14. The maximum atomic E-state index is 12.6. The predicted octanol–water partition coefficient (Wildman–Crippen LogP) is 5.51. The van der Waals surface area contributed by atoms with E-state index in [2.05, 4.69) is 15.9 Å². The zero-order valence-electron chi connectivity index (χ0n) is 11.1. The molecule has 0 spiro atoms. The first-order chi connectivity index (χ1) is 10.5. The fraction of sp³-hybridized carbons (Fsp3) is 0. The van der Waals surface area contributed by atoms with Gasteiger partial charge in [0.1, 0.15) is 0 Å². The standard InChI is InChI=1S/C16H9BrClNOS2/c17-11-2-1-3-13(9-11)19-15(20)14(22-16(19)21)8-10-4-6-12(18)7-5-10/h1-9H/b14-8-. The quantitative estimate of drug-likeness (QED) is 0.481. The van der Waals surface area contributed by atoms with Crippen molar-refractivity contribution in [2.24, 2.45) is 0 Å². The number of amides is 1. The minimum absolute atomic E-state index is 0.108. The van der Waals surface area contributed by atoms with E-state index in [1.54, 1.807) is 17.0 Å². The van der Waals surface area contributed by atoms with Gasteiger partial charge in [-0.05, 0) is 42.0 Å². The normalized spacial score (nSPS) is 16.6. The van der Waals surface area contributed by atoms with Crippen molar-refractivity contribution in [3.63, 3.8) is 0 Å². The van der Waals surface area contributed by atoms with Crippen molar-refractivity contribution in [2.75, 3.05) is 4.90 Å². The van der Waals surface area contributed by atoms with Crippen molar-refractivity contribution in [2.45, 2.75) is 0 Å². The molecule has 1 amide bonds. The molecule has 0 N–H and O–H groups in total. The van der Waals surface area contributed by atoms with E-state index in [1.807, 2.05) is 42.5 Å². The molecule has 6 heteroatoms. The average molecular weight is 411 g/mol. The van der Waals surface area contributed by atoms with Crippen LogP contribution in [-0.2, 0) is 4.79 Å². The zero-order valence-corrected chi connectivity index (χ0v) is 15.1. The van der Waals surface area contributed by atoms with Gasteiger partial charge in [0.2, 0.25) is 0 Å². The zero-order chi connectivity index (χ0) is 15.7. The molecule has 3 rings (SSSR count). The molecule has 2 aromatic carbocycles. The van der Waals surface area contributed by atoms with Crippen molar-refractivity contribution >= 4 is 73.5 Å². The lowest BCUT2D eigenvalue weighted by atomic mass is 10.2. The Morgan fingerprint density at radius 1 is 1.18 bits per heavy atom. The van der Waals surface area contributed by atoms with Gasteiger partial charge in [-0.2, -0.15) is 0 Å². The Morgan fingerprint density at radius 3 is 2.59 bits per heavy atom. The summed E-state index contributed by atoms with van der Waals surface area (Å²) in [7, 11) is 0. The summed E-state index contributed by atoms with van der Waals surface area (Å²) < 4.78 is 1.43. The van der Waals surface area contributed by atoms with Gasteiger partial charge >= 0.3 is 0 Å².